The number of nitrogens with two attached hydrogens (primary N) is 1. The molecule has 0 bridgehead atoms. The van der Waals surface area contributed by atoms with Gasteiger partial charge in [0.2, 0.25) is 0 Å². The lowest BCUT2D eigenvalue weighted by Gasteiger charge is -2.39. The molecule has 1 aliphatic heterocycles. The molecule has 0 spiro atoms. The van der Waals surface area contributed by atoms with Crippen LogP contribution in [0.3, 0.4) is 0 Å². The quantitative estimate of drug-likeness (QED) is 0.572. The van der Waals surface area contributed by atoms with Gasteiger partial charge in [0.05, 0.1) is 10.6 Å². The van der Waals surface area contributed by atoms with Gasteiger partial charge in [-0.25, -0.2) is 0 Å². The number of hydrogen-bond donors (Lipinski definition) is 1. The zero-order valence-corrected chi connectivity index (χ0v) is 11.3. The van der Waals surface area contributed by atoms with E-state index < -0.39 is 0 Å². The lowest BCUT2D eigenvalue weighted by atomic mass is 9.94. The van der Waals surface area contributed by atoms with Crippen LogP contribution in [-0.2, 0) is 4.74 Å². The van der Waals surface area contributed by atoms with Gasteiger partial charge in [0, 0.05) is 13.7 Å². The molecule has 1 heterocycles. The van der Waals surface area contributed by atoms with E-state index in [4.69, 9.17) is 22.7 Å². The van der Waals surface area contributed by atoms with E-state index >= 15 is 0 Å². The lowest BCUT2D eigenvalue weighted by Crippen LogP contribution is -2.47. The topological polar surface area (TPSA) is 38.5 Å². The van der Waals surface area contributed by atoms with Crippen molar-refractivity contribution in [1.82, 2.24) is 4.90 Å². The van der Waals surface area contributed by atoms with Gasteiger partial charge >= 0.3 is 0 Å². The van der Waals surface area contributed by atoms with Gasteiger partial charge in [0.1, 0.15) is 0 Å². The molecule has 0 amide bonds. The summed E-state index contributed by atoms with van der Waals surface area (Å²) < 4.78 is 5.57. The number of thiocarbonyl (C=S) groups is 1. The molecule has 1 unspecified atom stereocenters. The van der Waals surface area contributed by atoms with E-state index in [9.17, 15) is 0 Å². The summed E-state index contributed by atoms with van der Waals surface area (Å²) in [6, 6.07) is 0. The predicted octanol–water partition coefficient (Wildman–Crippen LogP) is 1.94. The summed E-state index contributed by atoms with van der Waals surface area (Å²) in [7, 11) is 1.82. The zero-order chi connectivity index (χ0) is 12.0. The molecule has 0 aromatic heterocycles. The number of methoxy groups -OCH3 is 1. The SMILES string of the molecule is COC1(C)CCCN(CCCCC(N)=S)C1. The van der Waals surface area contributed by atoms with Crippen molar-refractivity contribution in [3.05, 3.63) is 0 Å². The molecule has 0 aromatic carbocycles. The second-order valence-electron chi connectivity index (χ2n) is 4.96. The number of rotatable bonds is 6. The first-order chi connectivity index (χ1) is 7.56. The van der Waals surface area contributed by atoms with Crippen LogP contribution in [0.25, 0.3) is 0 Å². The third-order valence-corrected chi connectivity index (χ3v) is 3.58. The predicted molar refractivity (Wildman–Crippen MR) is 71.7 cm³/mol. The maximum absolute atomic E-state index is 5.57. The second kappa shape index (κ2) is 6.52. The first kappa shape index (κ1) is 13.9. The van der Waals surface area contributed by atoms with Gasteiger partial charge in [0.15, 0.2) is 0 Å². The van der Waals surface area contributed by atoms with Crippen LogP contribution in [0.15, 0.2) is 0 Å². The molecule has 4 heteroatoms. The highest BCUT2D eigenvalue weighted by molar-refractivity contribution is 7.80. The van der Waals surface area contributed by atoms with Crippen molar-refractivity contribution in [3.8, 4) is 0 Å². The van der Waals surface area contributed by atoms with Crippen LogP contribution < -0.4 is 5.73 Å². The molecule has 0 radical (unpaired) electrons. The van der Waals surface area contributed by atoms with Gasteiger partial charge in [-0.3, -0.25) is 0 Å². The Hall–Kier alpha value is -0.190. The van der Waals surface area contributed by atoms with Crippen LogP contribution in [0, 0.1) is 0 Å². The van der Waals surface area contributed by atoms with Crippen molar-refractivity contribution >= 4 is 17.2 Å². The van der Waals surface area contributed by atoms with Crippen molar-refractivity contribution in [2.24, 2.45) is 5.73 Å². The molecule has 1 saturated heterocycles. The van der Waals surface area contributed by atoms with E-state index in [1.54, 1.807) is 0 Å². The van der Waals surface area contributed by atoms with Crippen molar-refractivity contribution in [3.63, 3.8) is 0 Å². The maximum Gasteiger partial charge on any atom is 0.0777 e. The first-order valence-electron chi connectivity index (χ1n) is 6.11. The maximum atomic E-state index is 5.57. The Kier molecular flexibility index (Phi) is 5.66. The molecule has 1 rings (SSSR count). The normalized spacial score (nSPS) is 26.9. The Morgan fingerprint density at radius 2 is 2.25 bits per heavy atom. The van der Waals surface area contributed by atoms with Crippen LogP contribution in [0.1, 0.15) is 39.0 Å². The van der Waals surface area contributed by atoms with Gasteiger partial charge in [0.25, 0.3) is 0 Å². The molecule has 2 N–H and O–H groups in total. The third kappa shape index (κ3) is 4.76. The van der Waals surface area contributed by atoms with Crippen LogP contribution >= 0.6 is 12.2 Å². The molecule has 1 atom stereocenters. The Bertz CT molecular complexity index is 235. The molecule has 16 heavy (non-hydrogen) atoms. The Balaban J connectivity index is 2.19. The summed E-state index contributed by atoms with van der Waals surface area (Å²) in [5.41, 5.74) is 5.53. The Morgan fingerprint density at radius 1 is 1.50 bits per heavy atom. The molecule has 0 saturated carbocycles. The fraction of sp³-hybridized carbons (Fsp3) is 0.917. The molecule has 0 aromatic rings. The highest BCUT2D eigenvalue weighted by atomic mass is 32.1. The molecule has 0 aliphatic carbocycles. The van der Waals surface area contributed by atoms with Crippen molar-refractivity contribution in [2.75, 3.05) is 26.7 Å². The van der Waals surface area contributed by atoms with Crippen molar-refractivity contribution in [1.29, 1.82) is 0 Å². The summed E-state index contributed by atoms with van der Waals surface area (Å²) in [5, 5.41) is 0. The first-order valence-corrected chi connectivity index (χ1v) is 6.52. The van der Waals surface area contributed by atoms with Crippen LogP contribution in [0.4, 0.5) is 0 Å². The van der Waals surface area contributed by atoms with E-state index in [1.165, 1.54) is 25.8 Å². The monoisotopic (exact) mass is 244 g/mol. The summed E-state index contributed by atoms with van der Waals surface area (Å²) in [5.74, 6) is 0. The summed E-state index contributed by atoms with van der Waals surface area (Å²) >= 11 is 4.86. The molecular formula is C12H24N2OS. The summed E-state index contributed by atoms with van der Waals surface area (Å²) in [6.45, 7) is 5.60. The smallest absolute Gasteiger partial charge is 0.0777 e. The summed E-state index contributed by atoms with van der Waals surface area (Å²) in [6.07, 6.45) is 5.57. The standard InChI is InChI=1S/C12H24N2OS/c1-12(15-2)7-5-9-14(10-12)8-4-3-6-11(13)16/h3-10H2,1-2H3,(H2,13,16). The van der Waals surface area contributed by atoms with E-state index in [0.29, 0.717) is 4.99 Å². The van der Waals surface area contributed by atoms with Gasteiger partial charge in [-0.1, -0.05) is 12.2 Å². The van der Waals surface area contributed by atoms with E-state index in [2.05, 4.69) is 11.8 Å². The molecular weight excluding hydrogens is 220 g/mol. The average Bonchev–Trinajstić information content (AvgIpc) is 2.24. The number of likely N-dealkylation sites (tertiary alicyclic amines) is 1. The van der Waals surface area contributed by atoms with Crippen LogP contribution in [0.5, 0.6) is 0 Å². The van der Waals surface area contributed by atoms with E-state index in [-0.39, 0.29) is 5.60 Å². The number of piperidine rings is 1. The van der Waals surface area contributed by atoms with Gasteiger partial charge in [-0.2, -0.15) is 0 Å². The van der Waals surface area contributed by atoms with Gasteiger partial charge < -0.3 is 15.4 Å². The number of ether oxygens (including phenoxy) is 1. The van der Waals surface area contributed by atoms with Gasteiger partial charge in [-0.05, 0) is 52.1 Å². The minimum absolute atomic E-state index is 0.0570. The lowest BCUT2D eigenvalue weighted by molar-refractivity contribution is -0.0507. The van der Waals surface area contributed by atoms with E-state index in [1.807, 2.05) is 7.11 Å². The highest BCUT2D eigenvalue weighted by Gasteiger charge is 2.30. The number of hydrogen-bond acceptors (Lipinski definition) is 3. The minimum Gasteiger partial charge on any atom is -0.393 e. The van der Waals surface area contributed by atoms with E-state index in [0.717, 1.165) is 25.9 Å². The average molecular weight is 244 g/mol. The number of nitrogens with zero attached hydrogens (tertiary/aromatic N) is 1. The minimum atomic E-state index is 0.0570. The fourth-order valence-corrected chi connectivity index (χ4v) is 2.44. The Morgan fingerprint density at radius 3 is 2.88 bits per heavy atom. The highest BCUT2D eigenvalue weighted by Crippen LogP contribution is 2.23. The summed E-state index contributed by atoms with van der Waals surface area (Å²) in [4.78, 5) is 3.13. The van der Waals surface area contributed by atoms with Gasteiger partial charge in [-0.15, -0.1) is 0 Å². The molecule has 1 fully saturated rings. The van der Waals surface area contributed by atoms with Crippen LogP contribution in [-0.4, -0.2) is 42.2 Å². The Labute approximate surface area is 104 Å². The van der Waals surface area contributed by atoms with Crippen molar-refractivity contribution in [2.45, 2.75) is 44.6 Å². The second-order valence-corrected chi connectivity index (χ2v) is 5.48. The fourth-order valence-electron chi connectivity index (χ4n) is 2.30. The van der Waals surface area contributed by atoms with Crippen molar-refractivity contribution < 1.29 is 4.74 Å². The molecule has 1 aliphatic rings. The molecule has 94 valence electrons. The largest absolute Gasteiger partial charge is 0.393 e. The molecule has 3 nitrogen and oxygen atoms in total. The zero-order valence-electron chi connectivity index (χ0n) is 10.5. The third-order valence-electron chi connectivity index (χ3n) is 3.38. The number of unbranched alkanes of at least 4 members (excludes halogenated alkanes) is 1. The van der Waals surface area contributed by atoms with Crippen LogP contribution in [0.2, 0.25) is 0 Å².